The fourth-order valence-corrected chi connectivity index (χ4v) is 2.73. The van der Waals surface area contributed by atoms with Crippen LogP contribution in [-0.4, -0.2) is 19.1 Å². The van der Waals surface area contributed by atoms with Crippen molar-refractivity contribution in [3.63, 3.8) is 0 Å². The standard InChI is InChI=1S/C16H19BrN2O/c1-11-4-6-13(10-19-11)15(18-2)9-12-5-7-16(20-3)14(17)8-12/h4-8,10,15,18H,9H2,1-3H3. The highest BCUT2D eigenvalue weighted by Crippen LogP contribution is 2.27. The summed E-state index contributed by atoms with van der Waals surface area (Å²) in [5.74, 6) is 0.853. The van der Waals surface area contributed by atoms with Crippen molar-refractivity contribution in [2.75, 3.05) is 14.2 Å². The van der Waals surface area contributed by atoms with Gasteiger partial charge in [0.25, 0.3) is 0 Å². The van der Waals surface area contributed by atoms with Crippen molar-refractivity contribution in [3.8, 4) is 5.75 Å². The van der Waals surface area contributed by atoms with Gasteiger partial charge in [-0.25, -0.2) is 0 Å². The van der Waals surface area contributed by atoms with Crippen molar-refractivity contribution >= 4 is 15.9 Å². The summed E-state index contributed by atoms with van der Waals surface area (Å²) < 4.78 is 6.24. The molecule has 1 heterocycles. The number of rotatable bonds is 5. The predicted octanol–water partition coefficient (Wildman–Crippen LogP) is 3.66. The maximum Gasteiger partial charge on any atom is 0.133 e. The number of aryl methyl sites for hydroxylation is 1. The second-order valence-corrected chi connectivity index (χ2v) is 5.60. The minimum absolute atomic E-state index is 0.253. The molecule has 1 unspecified atom stereocenters. The highest BCUT2D eigenvalue weighted by molar-refractivity contribution is 9.10. The summed E-state index contributed by atoms with van der Waals surface area (Å²) in [6, 6.07) is 10.6. The number of aromatic nitrogens is 1. The Morgan fingerprint density at radius 1 is 1.30 bits per heavy atom. The first-order chi connectivity index (χ1) is 9.63. The number of methoxy groups -OCH3 is 1. The number of ether oxygens (including phenoxy) is 1. The van der Waals surface area contributed by atoms with Crippen LogP contribution in [0.1, 0.15) is 22.9 Å². The Hall–Kier alpha value is -1.39. The van der Waals surface area contributed by atoms with Crippen LogP contribution in [0.15, 0.2) is 41.0 Å². The van der Waals surface area contributed by atoms with Crippen LogP contribution >= 0.6 is 15.9 Å². The quantitative estimate of drug-likeness (QED) is 0.905. The number of hydrogen-bond donors (Lipinski definition) is 1. The molecule has 0 amide bonds. The van der Waals surface area contributed by atoms with Gasteiger partial charge in [0.05, 0.1) is 11.6 Å². The van der Waals surface area contributed by atoms with E-state index in [1.165, 1.54) is 11.1 Å². The van der Waals surface area contributed by atoms with E-state index in [0.29, 0.717) is 0 Å². The molecule has 0 saturated carbocycles. The highest BCUT2D eigenvalue weighted by Gasteiger charge is 2.11. The monoisotopic (exact) mass is 334 g/mol. The number of pyridine rings is 1. The molecule has 2 rings (SSSR count). The van der Waals surface area contributed by atoms with E-state index in [9.17, 15) is 0 Å². The Morgan fingerprint density at radius 3 is 2.65 bits per heavy atom. The average molecular weight is 335 g/mol. The summed E-state index contributed by atoms with van der Waals surface area (Å²) in [5, 5.41) is 3.35. The van der Waals surface area contributed by atoms with E-state index in [1.807, 2.05) is 32.3 Å². The van der Waals surface area contributed by atoms with Gasteiger partial charge in [0, 0.05) is 17.9 Å². The number of hydrogen-bond acceptors (Lipinski definition) is 3. The van der Waals surface area contributed by atoms with Crippen molar-refractivity contribution in [2.45, 2.75) is 19.4 Å². The lowest BCUT2D eigenvalue weighted by atomic mass is 10.00. The lowest BCUT2D eigenvalue weighted by Gasteiger charge is -2.17. The van der Waals surface area contributed by atoms with Crippen LogP contribution in [0, 0.1) is 6.92 Å². The summed E-state index contributed by atoms with van der Waals surface area (Å²) in [7, 11) is 3.65. The maximum absolute atomic E-state index is 5.26. The van der Waals surface area contributed by atoms with Crippen molar-refractivity contribution in [2.24, 2.45) is 0 Å². The lowest BCUT2D eigenvalue weighted by molar-refractivity contribution is 0.412. The summed E-state index contributed by atoms with van der Waals surface area (Å²) >= 11 is 3.53. The summed E-state index contributed by atoms with van der Waals surface area (Å²) in [5.41, 5.74) is 3.48. The Balaban J connectivity index is 2.17. The molecule has 0 saturated heterocycles. The normalized spacial score (nSPS) is 12.2. The SMILES string of the molecule is CNC(Cc1ccc(OC)c(Br)c1)c1ccc(C)nc1. The van der Waals surface area contributed by atoms with Gasteiger partial charge in [-0.2, -0.15) is 0 Å². The van der Waals surface area contributed by atoms with Gasteiger partial charge in [-0.15, -0.1) is 0 Å². The van der Waals surface area contributed by atoms with Gasteiger partial charge < -0.3 is 10.1 Å². The molecule has 0 aliphatic carbocycles. The first-order valence-corrected chi connectivity index (χ1v) is 7.35. The molecule has 1 aromatic heterocycles. The molecule has 1 atom stereocenters. The molecule has 3 nitrogen and oxygen atoms in total. The summed E-state index contributed by atoms with van der Waals surface area (Å²) in [4.78, 5) is 4.37. The topological polar surface area (TPSA) is 34.1 Å². The molecule has 0 radical (unpaired) electrons. The third kappa shape index (κ3) is 3.58. The van der Waals surface area contributed by atoms with E-state index in [1.54, 1.807) is 7.11 Å². The molecule has 20 heavy (non-hydrogen) atoms. The second-order valence-electron chi connectivity index (χ2n) is 4.75. The van der Waals surface area contributed by atoms with Crippen molar-refractivity contribution in [1.82, 2.24) is 10.3 Å². The largest absolute Gasteiger partial charge is 0.496 e. The van der Waals surface area contributed by atoms with Crippen molar-refractivity contribution in [3.05, 3.63) is 57.8 Å². The number of nitrogens with one attached hydrogen (secondary N) is 1. The van der Waals surface area contributed by atoms with Gasteiger partial charge in [0.1, 0.15) is 5.75 Å². The third-order valence-electron chi connectivity index (χ3n) is 3.34. The smallest absolute Gasteiger partial charge is 0.133 e. The van der Waals surface area contributed by atoms with Crippen LogP contribution in [-0.2, 0) is 6.42 Å². The van der Waals surface area contributed by atoms with Crippen molar-refractivity contribution in [1.29, 1.82) is 0 Å². The fraction of sp³-hybridized carbons (Fsp3) is 0.312. The van der Waals surface area contributed by atoms with E-state index in [2.05, 4.69) is 44.4 Å². The van der Waals surface area contributed by atoms with Gasteiger partial charge in [0.15, 0.2) is 0 Å². The zero-order chi connectivity index (χ0) is 14.5. The molecule has 106 valence electrons. The van der Waals surface area contributed by atoms with Gasteiger partial charge in [-0.1, -0.05) is 12.1 Å². The first-order valence-electron chi connectivity index (χ1n) is 6.56. The van der Waals surface area contributed by atoms with E-state index in [-0.39, 0.29) is 6.04 Å². The first kappa shape index (κ1) is 15.0. The Bertz CT molecular complexity index is 569. The molecule has 0 bridgehead atoms. The number of halogens is 1. The second kappa shape index (κ2) is 6.86. The molecule has 0 aliphatic rings. The molecule has 1 aromatic carbocycles. The van der Waals surface area contributed by atoms with Gasteiger partial charge in [-0.3, -0.25) is 4.98 Å². The van der Waals surface area contributed by atoms with E-state index >= 15 is 0 Å². The average Bonchev–Trinajstić information content (AvgIpc) is 2.46. The Kier molecular flexibility index (Phi) is 5.15. The van der Waals surface area contributed by atoms with Gasteiger partial charge in [-0.05, 0) is 65.6 Å². The zero-order valence-corrected chi connectivity index (χ0v) is 13.6. The predicted molar refractivity (Wildman–Crippen MR) is 85.2 cm³/mol. The molecule has 0 fully saturated rings. The fourth-order valence-electron chi connectivity index (χ4n) is 2.14. The van der Waals surface area contributed by atoms with E-state index < -0.39 is 0 Å². The molecule has 2 aromatic rings. The number of nitrogens with zero attached hydrogens (tertiary/aromatic N) is 1. The molecule has 1 N–H and O–H groups in total. The number of benzene rings is 1. The number of likely N-dealkylation sites (N-methyl/N-ethyl adjacent to an activating group) is 1. The lowest BCUT2D eigenvalue weighted by Crippen LogP contribution is -2.19. The van der Waals surface area contributed by atoms with Crippen LogP contribution in [0.5, 0.6) is 5.75 Å². The van der Waals surface area contributed by atoms with Crippen LogP contribution in [0.25, 0.3) is 0 Å². The minimum atomic E-state index is 0.253. The van der Waals surface area contributed by atoms with Gasteiger partial charge >= 0.3 is 0 Å². The van der Waals surface area contributed by atoms with Gasteiger partial charge in [0.2, 0.25) is 0 Å². The molecule has 4 heteroatoms. The summed E-state index contributed by atoms with van der Waals surface area (Å²) in [6.45, 7) is 2.00. The Morgan fingerprint density at radius 2 is 2.10 bits per heavy atom. The third-order valence-corrected chi connectivity index (χ3v) is 3.96. The Labute approximate surface area is 128 Å². The highest BCUT2D eigenvalue weighted by atomic mass is 79.9. The van der Waals surface area contributed by atoms with E-state index in [0.717, 1.165) is 22.3 Å². The minimum Gasteiger partial charge on any atom is -0.496 e. The van der Waals surface area contributed by atoms with Crippen LogP contribution in [0.4, 0.5) is 0 Å². The maximum atomic E-state index is 5.26. The zero-order valence-electron chi connectivity index (χ0n) is 12.0. The van der Waals surface area contributed by atoms with Crippen LogP contribution in [0.2, 0.25) is 0 Å². The van der Waals surface area contributed by atoms with E-state index in [4.69, 9.17) is 4.74 Å². The molecular formula is C16H19BrN2O. The van der Waals surface area contributed by atoms with Crippen molar-refractivity contribution < 1.29 is 4.74 Å². The molecule has 0 aliphatic heterocycles. The molecular weight excluding hydrogens is 316 g/mol. The van der Waals surface area contributed by atoms with Crippen LogP contribution < -0.4 is 10.1 Å². The van der Waals surface area contributed by atoms with Crippen LogP contribution in [0.3, 0.4) is 0 Å². The molecule has 0 spiro atoms. The summed E-state index contributed by atoms with van der Waals surface area (Å²) in [6.07, 6.45) is 2.85.